The Kier molecular flexibility index (Phi) is 10.7. The Labute approximate surface area is 175 Å². The summed E-state index contributed by atoms with van der Waals surface area (Å²) in [6.45, 7) is 5.30. The summed E-state index contributed by atoms with van der Waals surface area (Å²) in [4.78, 5) is 47.3. The summed E-state index contributed by atoms with van der Waals surface area (Å²) in [6, 6.07) is 6.77. The minimum absolute atomic E-state index is 0.0372. The summed E-state index contributed by atoms with van der Waals surface area (Å²) in [7, 11) is 0. The fourth-order valence-corrected chi connectivity index (χ4v) is 2.40. The fourth-order valence-electron chi connectivity index (χ4n) is 2.40. The number of hydrogen-bond donors (Lipinski definition) is 3. The first-order chi connectivity index (χ1) is 14.2. The number of carboxylic acid groups (broad SMARTS) is 1. The van der Waals surface area contributed by atoms with Crippen LogP contribution in [0.25, 0.3) is 0 Å². The number of amides is 2. The Bertz CT molecular complexity index is 747. The molecule has 0 saturated carbocycles. The zero-order valence-electron chi connectivity index (χ0n) is 17.3. The van der Waals surface area contributed by atoms with E-state index in [1.807, 2.05) is 18.2 Å². The lowest BCUT2D eigenvalue weighted by atomic mass is 10.0. The van der Waals surface area contributed by atoms with Crippen LogP contribution in [-0.2, 0) is 30.5 Å². The predicted octanol–water partition coefficient (Wildman–Crippen LogP) is 2.02. The van der Waals surface area contributed by atoms with E-state index >= 15 is 0 Å². The van der Waals surface area contributed by atoms with Gasteiger partial charge in [-0.25, -0.2) is 14.4 Å². The van der Waals surface area contributed by atoms with Crippen LogP contribution in [-0.4, -0.2) is 47.7 Å². The van der Waals surface area contributed by atoms with Crippen molar-refractivity contribution in [1.82, 2.24) is 10.6 Å². The van der Waals surface area contributed by atoms with Crippen molar-refractivity contribution in [2.45, 2.75) is 45.9 Å². The molecule has 30 heavy (non-hydrogen) atoms. The molecule has 3 N–H and O–H groups in total. The highest BCUT2D eigenvalue weighted by Crippen LogP contribution is 2.06. The van der Waals surface area contributed by atoms with Crippen LogP contribution in [0.15, 0.2) is 42.5 Å². The van der Waals surface area contributed by atoms with Gasteiger partial charge in [0.15, 0.2) is 0 Å². The molecule has 0 bridgehead atoms. The summed E-state index contributed by atoms with van der Waals surface area (Å²) >= 11 is 0. The molecule has 9 nitrogen and oxygen atoms in total. The van der Waals surface area contributed by atoms with E-state index in [4.69, 9.17) is 9.47 Å². The van der Waals surface area contributed by atoms with Gasteiger partial charge in [0.1, 0.15) is 18.7 Å². The van der Waals surface area contributed by atoms with Gasteiger partial charge in [0.05, 0.1) is 6.61 Å². The molecule has 0 heterocycles. The quantitative estimate of drug-likeness (QED) is 0.369. The van der Waals surface area contributed by atoms with Crippen molar-refractivity contribution in [2.75, 3.05) is 6.61 Å². The number of carboxylic acids is 1. The third-order valence-corrected chi connectivity index (χ3v) is 3.96. The zero-order chi connectivity index (χ0) is 22.5. The third kappa shape index (κ3) is 9.22. The van der Waals surface area contributed by atoms with Gasteiger partial charge in [-0.2, -0.15) is 0 Å². The SMILES string of the molecule is CCOC(=O)/C=C/C[C@@H](NC(=O)[C@H](NC(=O)OCc1ccccc1)C(C)C)C(=O)O. The van der Waals surface area contributed by atoms with Gasteiger partial charge in [0.25, 0.3) is 0 Å². The maximum Gasteiger partial charge on any atom is 0.408 e. The number of nitrogens with one attached hydrogen (secondary N) is 2. The maximum absolute atomic E-state index is 12.5. The van der Waals surface area contributed by atoms with Gasteiger partial charge in [0, 0.05) is 6.08 Å². The van der Waals surface area contributed by atoms with Crippen molar-refractivity contribution in [3.05, 3.63) is 48.0 Å². The van der Waals surface area contributed by atoms with Gasteiger partial charge in [-0.15, -0.1) is 0 Å². The number of ether oxygens (including phenoxy) is 2. The third-order valence-electron chi connectivity index (χ3n) is 3.96. The summed E-state index contributed by atoms with van der Waals surface area (Å²) in [5.74, 6) is -2.86. The van der Waals surface area contributed by atoms with Gasteiger partial charge in [0.2, 0.25) is 5.91 Å². The van der Waals surface area contributed by atoms with Gasteiger partial charge in [-0.05, 0) is 24.8 Å². The highest BCUT2D eigenvalue weighted by molar-refractivity contribution is 5.89. The molecule has 164 valence electrons. The molecule has 0 radical (unpaired) electrons. The summed E-state index contributed by atoms with van der Waals surface area (Å²) in [5, 5.41) is 14.2. The molecule has 0 fully saturated rings. The van der Waals surface area contributed by atoms with Crippen LogP contribution in [0.5, 0.6) is 0 Å². The van der Waals surface area contributed by atoms with Crippen molar-refractivity contribution in [3.63, 3.8) is 0 Å². The first-order valence-electron chi connectivity index (χ1n) is 9.58. The fraction of sp³-hybridized carbons (Fsp3) is 0.429. The monoisotopic (exact) mass is 420 g/mol. The summed E-state index contributed by atoms with van der Waals surface area (Å²) < 4.78 is 9.83. The van der Waals surface area contributed by atoms with E-state index in [2.05, 4.69) is 10.6 Å². The predicted molar refractivity (Wildman–Crippen MR) is 108 cm³/mol. The molecule has 0 aliphatic carbocycles. The Morgan fingerprint density at radius 1 is 1.07 bits per heavy atom. The minimum atomic E-state index is -1.27. The molecule has 0 unspecified atom stereocenters. The van der Waals surface area contributed by atoms with E-state index in [9.17, 15) is 24.3 Å². The van der Waals surface area contributed by atoms with E-state index in [1.165, 1.54) is 6.08 Å². The number of carbonyl (C=O) groups excluding carboxylic acids is 3. The number of aliphatic carboxylic acids is 1. The van der Waals surface area contributed by atoms with Gasteiger partial charge < -0.3 is 25.2 Å². The molecule has 0 aliphatic rings. The first kappa shape index (κ1) is 24.7. The number of carbonyl (C=O) groups is 4. The van der Waals surface area contributed by atoms with Crippen LogP contribution >= 0.6 is 0 Å². The number of alkyl carbamates (subject to hydrolysis) is 1. The van der Waals surface area contributed by atoms with Crippen LogP contribution in [0.2, 0.25) is 0 Å². The van der Waals surface area contributed by atoms with E-state index in [-0.39, 0.29) is 25.6 Å². The van der Waals surface area contributed by atoms with E-state index in [0.29, 0.717) is 0 Å². The number of esters is 1. The summed E-state index contributed by atoms with van der Waals surface area (Å²) in [6.07, 6.45) is 1.50. The Hall–Kier alpha value is -3.36. The van der Waals surface area contributed by atoms with Crippen LogP contribution < -0.4 is 10.6 Å². The van der Waals surface area contributed by atoms with Crippen LogP contribution in [0, 0.1) is 5.92 Å². The average molecular weight is 420 g/mol. The molecule has 1 aromatic rings. The maximum atomic E-state index is 12.5. The Morgan fingerprint density at radius 2 is 1.73 bits per heavy atom. The largest absolute Gasteiger partial charge is 0.480 e. The highest BCUT2D eigenvalue weighted by Gasteiger charge is 2.28. The van der Waals surface area contributed by atoms with Crippen molar-refractivity contribution in [2.24, 2.45) is 5.92 Å². The van der Waals surface area contributed by atoms with Gasteiger partial charge in [-0.1, -0.05) is 50.3 Å². The standard InChI is InChI=1S/C21H28N2O7/c1-4-29-17(24)12-8-11-16(20(26)27)22-19(25)18(14(2)3)23-21(28)30-13-15-9-6-5-7-10-15/h5-10,12,14,16,18H,4,11,13H2,1-3H3,(H,22,25)(H,23,28)(H,26,27)/b12-8+/t16-,18-/m1/s1. The molecular weight excluding hydrogens is 392 g/mol. The zero-order valence-corrected chi connectivity index (χ0v) is 17.3. The first-order valence-corrected chi connectivity index (χ1v) is 9.58. The highest BCUT2D eigenvalue weighted by atomic mass is 16.5. The normalized spacial score (nSPS) is 12.8. The Balaban J connectivity index is 2.65. The van der Waals surface area contributed by atoms with E-state index < -0.39 is 36.0 Å². The van der Waals surface area contributed by atoms with Crippen LogP contribution in [0.4, 0.5) is 4.79 Å². The molecular formula is C21H28N2O7. The molecule has 0 saturated heterocycles. The van der Waals surface area contributed by atoms with Gasteiger partial charge >= 0.3 is 18.0 Å². The second-order valence-electron chi connectivity index (χ2n) is 6.72. The molecule has 2 atom stereocenters. The van der Waals surface area contributed by atoms with Gasteiger partial charge in [-0.3, -0.25) is 4.79 Å². The molecule has 1 aromatic carbocycles. The lowest BCUT2D eigenvalue weighted by Gasteiger charge is -2.23. The number of hydrogen-bond acceptors (Lipinski definition) is 6. The number of benzene rings is 1. The van der Waals surface area contributed by atoms with Crippen molar-refractivity contribution >= 4 is 23.9 Å². The van der Waals surface area contributed by atoms with Crippen molar-refractivity contribution < 1.29 is 33.8 Å². The molecule has 0 spiro atoms. The Morgan fingerprint density at radius 3 is 2.30 bits per heavy atom. The van der Waals surface area contributed by atoms with Crippen LogP contribution in [0.1, 0.15) is 32.8 Å². The topological polar surface area (TPSA) is 131 Å². The molecule has 0 aliphatic heterocycles. The molecule has 9 heteroatoms. The lowest BCUT2D eigenvalue weighted by molar-refractivity contribution is -0.142. The molecule has 1 rings (SSSR count). The smallest absolute Gasteiger partial charge is 0.408 e. The van der Waals surface area contributed by atoms with Crippen LogP contribution in [0.3, 0.4) is 0 Å². The minimum Gasteiger partial charge on any atom is -0.480 e. The van der Waals surface area contributed by atoms with E-state index in [0.717, 1.165) is 11.6 Å². The van der Waals surface area contributed by atoms with Crippen molar-refractivity contribution in [1.29, 1.82) is 0 Å². The lowest BCUT2D eigenvalue weighted by Crippen LogP contribution is -2.53. The summed E-state index contributed by atoms with van der Waals surface area (Å²) in [5.41, 5.74) is 0.789. The second-order valence-corrected chi connectivity index (χ2v) is 6.72. The second kappa shape index (κ2) is 13.0. The molecule has 2 amide bonds. The molecule has 0 aromatic heterocycles. The van der Waals surface area contributed by atoms with E-state index in [1.54, 1.807) is 32.9 Å². The number of rotatable bonds is 11. The average Bonchev–Trinajstić information content (AvgIpc) is 2.70. The van der Waals surface area contributed by atoms with Crippen molar-refractivity contribution in [3.8, 4) is 0 Å².